The lowest BCUT2D eigenvalue weighted by Crippen LogP contribution is -2.48. The van der Waals surface area contributed by atoms with Gasteiger partial charge in [-0.05, 0) is 234 Å². The van der Waals surface area contributed by atoms with E-state index >= 15 is 0 Å². The first-order valence-electron chi connectivity index (χ1n) is 30.6. The molecule has 2 fully saturated rings. The van der Waals surface area contributed by atoms with E-state index in [1.54, 1.807) is 0 Å². The molecule has 2 nitrogen and oxygen atoms in total. The zero-order chi connectivity index (χ0) is 55.9. The van der Waals surface area contributed by atoms with Gasteiger partial charge in [0.15, 0.2) is 0 Å². The third kappa shape index (κ3) is 7.94. The van der Waals surface area contributed by atoms with Crippen LogP contribution in [0.25, 0.3) is 87.6 Å². The molecular weight excluding hydrogens is 989 g/mol. The van der Waals surface area contributed by atoms with Gasteiger partial charge in [-0.1, -0.05) is 199 Å². The Labute approximate surface area is 486 Å². The van der Waals surface area contributed by atoms with Crippen molar-refractivity contribution in [2.75, 3.05) is 9.80 Å². The molecule has 11 aromatic carbocycles. The molecule has 0 saturated heterocycles. The summed E-state index contributed by atoms with van der Waals surface area (Å²) in [5.41, 5.74) is 19.0. The van der Waals surface area contributed by atoms with Gasteiger partial charge in [-0.3, -0.25) is 0 Å². The molecule has 11 aromatic rings. The Morgan fingerprint density at radius 1 is 0.354 bits per heavy atom. The van der Waals surface area contributed by atoms with E-state index in [1.807, 2.05) is 0 Å². The van der Waals surface area contributed by atoms with Crippen molar-refractivity contribution in [1.82, 2.24) is 0 Å². The van der Waals surface area contributed by atoms with Crippen LogP contribution in [0.3, 0.4) is 0 Å². The van der Waals surface area contributed by atoms with Crippen molar-refractivity contribution in [3.63, 3.8) is 0 Å². The Morgan fingerprint density at radius 3 is 1.13 bits per heavy atom. The Bertz CT molecular complexity index is 4040. The van der Waals surface area contributed by atoms with E-state index in [0.717, 1.165) is 0 Å². The summed E-state index contributed by atoms with van der Waals surface area (Å²) in [5, 5.41) is 10.2. The SMILES string of the molecule is CC(C)(C)C1CCC2(C)C(C1)c1cc(-c3ccc4c(-c5cccc6ccccc56)c5cc(-c6ccc7c(c6)C6CC(C(C)(C)C)CCC6(C)N7c6ccccc6)ccc5c(-c5cccc6ccccc56)c4c3)ccc1N2c1ccccc1. The lowest BCUT2D eigenvalue weighted by Gasteiger charge is -2.49. The highest BCUT2D eigenvalue weighted by molar-refractivity contribution is 6.26. The third-order valence-corrected chi connectivity index (χ3v) is 21.2. The van der Waals surface area contributed by atoms with Crippen LogP contribution in [0.15, 0.2) is 218 Å². The van der Waals surface area contributed by atoms with Gasteiger partial charge in [0.05, 0.1) is 0 Å². The second-order valence-electron chi connectivity index (χ2n) is 27.7. The van der Waals surface area contributed by atoms with E-state index < -0.39 is 0 Å². The van der Waals surface area contributed by atoms with Crippen LogP contribution in [-0.4, -0.2) is 11.1 Å². The first kappa shape index (κ1) is 51.0. The fraction of sp³-hybridized carbons (Fsp3) is 0.275. The number of nitrogens with zero attached hydrogens (tertiary/aromatic N) is 2. The second-order valence-corrected chi connectivity index (χ2v) is 27.7. The van der Waals surface area contributed by atoms with Crippen molar-refractivity contribution in [1.29, 1.82) is 0 Å². The van der Waals surface area contributed by atoms with Crippen LogP contribution in [0.2, 0.25) is 0 Å². The van der Waals surface area contributed by atoms with Crippen LogP contribution in [-0.2, 0) is 0 Å². The van der Waals surface area contributed by atoms with Gasteiger partial charge in [0.1, 0.15) is 0 Å². The standard InChI is InChI=1S/C80H76N2/c1-77(2,3)57-41-43-79(7)71(49-57)69-47-55(35-39-73(69)81(79)59-25-11-9-12-26-59)53-33-37-65-67(45-53)75(63-31-19-23-51-21-15-17-29-61(51)63)66-38-34-54(46-68(66)76(65)64-32-20-24-52-22-16-18-30-62(52)64)56-36-40-74-70(48-56)72-50-58(78(4,5)6)42-44-80(72,8)82(74)60-27-13-10-14-28-60/h9-40,45-48,57-58,71-72H,41-44,49-50H2,1-8H3. The molecule has 406 valence electrons. The summed E-state index contributed by atoms with van der Waals surface area (Å²) in [6.07, 6.45) is 7.23. The van der Waals surface area contributed by atoms with E-state index in [0.29, 0.717) is 23.7 Å². The molecule has 82 heavy (non-hydrogen) atoms. The molecule has 4 aliphatic rings. The zero-order valence-electron chi connectivity index (χ0n) is 49.2. The molecule has 2 aliphatic heterocycles. The number of para-hydroxylation sites is 2. The number of anilines is 4. The van der Waals surface area contributed by atoms with Crippen molar-refractivity contribution in [3.05, 3.63) is 230 Å². The Balaban J connectivity index is 0.966. The summed E-state index contributed by atoms with van der Waals surface area (Å²) < 4.78 is 0. The third-order valence-electron chi connectivity index (χ3n) is 21.2. The molecule has 2 heteroatoms. The number of benzene rings is 11. The summed E-state index contributed by atoms with van der Waals surface area (Å²) in [6, 6.07) is 84.2. The van der Waals surface area contributed by atoms with Crippen molar-refractivity contribution in [2.45, 2.75) is 117 Å². The van der Waals surface area contributed by atoms with Crippen molar-refractivity contribution in [3.8, 4) is 44.5 Å². The minimum atomic E-state index is -0.00575. The van der Waals surface area contributed by atoms with E-state index in [2.05, 4.69) is 284 Å². The highest BCUT2D eigenvalue weighted by Gasteiger charge is 2.54. The Kier molecular flexibility index (Phi) is 11.7. The van der Waals surface area contributed by atoms with Gasteiger partial charge in [0, 0.05) is 45.7 Å². The van der Waals surface area contributed by atoms with Gasteiger partial charge in [-0.25, -0.2) is 0 Å². The molecule has 0 spiro atoms. The minimum Gasteiger partial charge on any atom is -0.335 e. The first-order valence-corrected chi connectivity index (χ1v) is 30.6. The van der Waals surface area contributed by atoms with Crippen LogP contribution in [0.4, 0.5) is 22.7 Å². The maximum atomic E-state index is 2.71. The average molecular weight is 1070 g/mol. The quantitative estimate of drug-likeness (QED) is 0.153. The van der Waals surface area contributed by atoms with E-state index in [1.165, 1.54) is 160 Å². The molecule has 2 heterocycles. The fourth-order valence-electron chi connectivity index (χ4n) is 16.7. The highest BCUT2D eigenvalue weighted by Crippen LogP contribution is 2.63. The highest BCUT2D eigenvalue weighted by atomic mass is 15.2. The van der Waals surface area contributed by atoms with Gasteiger partial charge in [-0.2, -0.15) is 0 Å². The van der Waals surface area contributed by atoms with Crippen molar-refractivity contribution >= 4 is 65.8 Å². The molecule has 6 atom stereocenters. The number of rotatable bonds is 6. The monoisotopic (exact) mass is 1060 g/mol. The first-order chi connectivity index (χ1) is 39.7. The molecule has 2 aliphatic carbocycles. The summed E-state index contributed by atoms with van der Waals surface area (Å²) in [6.45, 7) is 19.9. The number of fused-ring (bicyclic) bond motifs is 10. The largest absolute Gasteiger partial charge is 0.335 e. The van der Waals surface area contributed by atoms with E-state index in [9.17, 15) is 0 Å². The number of hydrogen-bond donors (Lipinski definition) is 0. The molecule has 0 amide bonds. The normalized spacial score (nSPS) is 22.4. The van der Waals surface area contributed by atoms with Crippen molar-refractivity contribution < 1.29 is 0 Å². The summed E-state index contributed by atoms with van der Waals surface area (Å²) in [7, 11) is 0. The number of hydrogen-bond acceptors (Lipinski definition) is 2. The average Bonchev–Trinajstić information content (AvgIpc) is 3.02. The summed E-state index contributed by atoms with van der Waals surface area (Å²) >= 11 is 0. The van der Waals surface area contributed by atoms with Crippen LogP contribution in [0.5, 0.6) is 0 Å². The van der Waals surface area contributed by atoms with Crippen molar-refractivity contribution in [2.24, 2.45) is 22.7 Å². The second kappa shape index (κ2) is 18.8. The van der Waals surface area contributed by atoms with Crippen LogP contribution < -0.4 is 9.80 Å². The fourth-order valence-corrected chi connectivity index (χ4v) is 16.7. The van der Waals surface area contributed by atoms with Gasteiger partial charge in [-0.15, -0.1) is 0 Å². The van der Waals surface area contributed by atoms with Crippen LogP contribution >= 0.6 is 0 Å². The lowest BCUT2D eigenvalue weighted by atomic mass is 9.62. The molecule has 0 radical (unpaired) electrons. The van der Waals surface area contributed by atoms with Gasteiger partial charge >= 0.3 is 0 Å². The topological polar surface area (TPSA) is 6.48 Å². The van der Waals surface area contributed by atoms with Gasteiger partial charge in [0.2, 0.25) is 0 Å². The summed E-state index contributed by atoms with van der Waals surface area (Å²) in [5.74, 6) is 2.16. The smallest absolute Gasteiger partial charge is 0.0492 e. The Morgan fingerprint density at radius 2 is 0.720 bits per heavy atom. The Hall–Kier alpha value is -7.94. The molecular formula is C80H76N2. The zero-order valence-corrected chi connectivity index (χ0v) is 49.2. The van der Waals surface area contributed by atoms with Gasteiger partial charge in [0.25, 0.3) is 0 Å². The predicted molar refractivity (Wildman–Crippen MR) is 351 cm³/mol. The van der Waals surface area contributed by atoms with E-state index in [-0.39, 0.29) is 21.9 Å². The maximum Gasteiger partial charge on any atom is 0.0492 e. The molecule has 0 N–H and O–H groups in total. The minimum absolute atomic E-state index is 0.00575. The molecule has 6 unspecified atom stereocenters. The molecule has 15 rings (SSSR count). The van der Waals surface area contributed by atoms with E-state index in [4.69, 9.17) is 0 Å². The lowest BCUT2D eigenvalue weighted by molar-refractivity contribution is 0.127. The van der Waals surface area contributed by atoms with Gasteiger partial charge < -0.3 is 9.80 Å². The molecule has 0 aromatic heterocycles. The summed E-state index contributed by atoms with van der Waals surface area (Å²) in [4.78, 5) is 5.42. The maximum absolute atomic E-state index is 2.71. The molecule has 0 bridgehead atoms. The predicted octanol–water partition coefficient (Wildman–Crippen LogP) is 22.6. The van der Waals surface area contributed by atoms with Crippen LogP contribution in [0.1, 0.15) is 117 Å². The molecule has 2 saturated carbocycles. The van der Waals surface area contributed by atoms with Crippen LogP contribution in [0, 0.1) is 22.7 Å².